The second-order valence-corrected chi connectivity index (χ2v) is 20.1. The van der Waals surface area contributed by atoms with E-state index in [2.05, 4.69) is 70.1 Å². The Morgan fingerprint density at radius 2 is 1.76 bits per heavy atom. The number of hydrogen-bond donors (Lipinski definition) is 2. The number of fused-ring (bicyclic) bond motifs is 2. The molecular weight excluding hydrogens is 867 g/mol. The van der Waals surface area contributed by atoms with Gasteiger partial charge in [-0.2, -0.15) is 0 Å². The Hall–Kier alpha value is -5.55. The number of anilines is 1. The SMILES string of the molecule is CCn1c(-c2cc(N3CCN4CCOC[C@@H]4C3)cnc2[C@H](C)OC)c(CC(C)(C)COC(C)=O)c2cc(-c3cccc(C[C@H](NC(=O)OC(C)(C)C)C(=O)N4CCC[C@@H](C(=O)OC)N4)c3)ccc21. The maximum atomic E-state index is 14.2. The molecule has 4 atom stereocenters. The minimum absolute atomic E-state index is 0.161. The number of carbonyl (C=O) groups is 4. The van der Waals surface area contributed by atoms with Gasteiger partial charge in [-0.05, 0) is 94.3 Å². The van der Waals surface area contributed by atoms with E-state index in [9.17, 15) is 19.2 Å². The number of carbonyl (C=O) groups excluding carboxylic acids is 4. The zero-order valence-corrected chi connectivity index (χ0v) is 41.6. The van der Waals surface area contributed by atoms with E-state index in [1.165, 1.54) is 19.0 Å². The van der Waals surface area contributed by atoms with E-state index in [-0.39, 0.29) is 25.1 Å². The normalized spacial score (nSPS) is 19.0. The molecule has 3 aliphatic rings. The lowest BCUT2D eigenvalue weighted by Gasteiger charge is -2.44. The Morgan fingerprint density at radius 3 is 2.49 bits per heavy atom. The molecule has 68 heavy (non-hydrogen) atoms. The number of benzene rings is 2. The number of hydrogen-bond acceptors (Lipinski definition) is 13. The van der Waals surface area contributed by atoms with E-state index in [4.69, 9.17) is 28.7 Å². The third kappa shape index (κ3) is 11.8. The summed E-state index contributed by atoms with van der Waals surface area (Å²) in [6, 6.07) is 15.4. The smallest absolute Gasteiger partial charge is 0.408 e. The Bertz CT molecular complexity index is 2460. The Morgan fingerprint density at radius 1 is 0.985 bits per heavy atom. The molecule has 368 valence electrons. The van der Waals surface area contributed by atoms with Gasteiger partial charge in [0, 0.05) is 81.6 Å². The van der Waals surface area contributed by atoms with Crippen molar-refractivity contribution in [2.75, 3.05) is 71.7 Å². The number of morpholine rings is 1. The lowest BCUT2D eigenvalue weighted by Crippen LogP contribution is -2.60. The zero-order chi connectivity index (χ0) is 48.9. The average molecular weight is 938 g/mol. The molecule has 5 heterocycles. The standard InChI is InChI=1S/C52H71N7O9/c1-11-58-45-18-17-37(36-15-12-14-35(24-36)25-44(54-50(63)68-51(4,5)6)48(61)59-19-13-16-43(55-59)49(62)65-10)26-40(45)42(28-52(7,8)32-67-34(3)60)47(58)41-27-38(29-53-46(41)33(2)64-9)57-21-20-56-22-23-66-31-39(56)30-57/h12,14-15,17-18,24,26-27,29,33,39,43-44,55H,11,13,16,19-23,25,28,30-32H2,1-10H3,(H,54,63)/t33-,39-,43-,44-/m0/s1. The fourth-order valence-corrected chi connectivity index (χ4v) is 9.70. The lowest BCUT2D eigenvalue weighted by molar-refractivity contribution is -0.150. The average Bonchev–Trinajstić information content (AvgIpc) is 3.62. The number of hydrazine groups is 1. The lowest BCUT2D eigenvalue weighted by atomic mass is 9.84. The Labute approximate surface area is 400 Å². The van der Waals surface area contributed by atoms with Crippen molar-refractivity contribution in [1.82, 2.24) is 30.2 Å². The molecule has 0 radical (unpaired) electrons. The number of methoxy groups -OCH3 is 2. The van der Waals surface area contributed by atoms with Gasteiger partial charge in [0.05, 0.1) is 62.3 Å². The number of piperazine rings is 1. The first kappa shape index (κ1) is 50.3. The van der Waals surface area contributed by atoms with Crippen molar-refractivity contribution < 1.29 is 42.9 Å². The molecule has 2 N–H and O–H groups in total. The topological polar surface area (TPSA) is 166 Å². The largest absolute Gasteiger partial charge is 0.468 e. The van der Waals surface area contributed by atoms with Gasteiger partial charge in [-0.25, -0.2) is 10.2 Å². The van der Waals surface area contributed by atoms with Crippen molar-refractivity contribution in [3.05, 3.63) is 71.5 Å². The van der Waals surface area contributed by atoms with Crippen molar-refractivity contribution in [2.24, 2.45) is 5.41 Å². The number of amides is 2. The van der Waals surface area contributed by atoms with Gasteiger partial charge >= 0.3 is 18.0 Å². The molecule has 7 rings (SSSR count). The predicted molar refractivity (Wildman–Crippen MR) is 261 cm³/mol. The third-order valence-electron chi connectivity index (χ3n) is 13.1. The van der Waals surface area contributed by atoms with Crippen LogP contribution >= 0.6 is 0 Å². The summed E-state index contributed by atoms with van der Waals surface area (Å²) in [6.07, 6.45) is 2.82. The van der Waals surface area contributed by atoms with Gasteiger partial charge in [-0.15, -0.1) is 0 Å². The molecule has 3 fully saturated rings. The van der Waals surface area contributed by atoms with Crippen molar-refractivity contribution in [1.29, 1.82) is 0 Å². The highest BCUT2D eigenvalue weighted by Gasteiger charge is 2.35. The van der Waals surface area contributed by atoms with Crippen LogP contribution in [0.1, 0.15) is 91.2 Å². The van der Waals surface area contributed by atoms with E-state index in [0.29, 0.717) is 45.0 Å². The number of pyridine rings is 1. The predicted octanol–water partition coefficient (Wildman–Crippen LogP) is 6.85. The highest BCUT2D eigenvalue weighted by Crippen LogP contribution is 2.43. The molecule has 2 aromatic heterocycles. The summed E-state index contributed by atoms with van der Waals surface area (Å²) in [7, 11) is 3.03. The summed E-state index contributed by atoms with van der Waals surface area (Å²) in [5.74, 6) is -1.17. The van der Waals surface area contributed by atoms with Crippen molar-refractivity contribution in [2.45, 2.75) is 117 Å². The van der Waals surface area contributed by atoms with Gasteiger partial charge in [0.2, 0.25) is 0 Å². The van der Waals surface area contributed by atoms with Gasteiger partial charge in [0.15, 0.2) is 0 Å². The summed E-state index contributed by atoms with van der Waals surface area (Å²) < 4.78 is 30.5. The van der Waals surface area contributed by atoms with E-state index in [1.807, 2.05) is 37.4 Å². The van der Waals surface area contributed by atoms with Gasteiger partial charge in [-0.3, -0.25) is 29.3 Å². The van der Waals surface area contributed by atoms with Gasteiger partial charge in [0.1, 0.15) is 17.7 Å². The Balaban J connectivity index is 1.30. The minimum Gasteiger partial charge on any atom is -0.468 e. The number of nitrogens with zero attached hydrogens (tertiary/aromatic N) is 5. The first-order valence-electron chi connectivity index (χ1n) is 24.0. The van der Waals surface area contributed by atoms with Crippen LogP contribution in [-0.2, 0) is 57.5 Å². The molecule has 0 spiro atoms. The fourth-order valence-electron chi connectivity index (χ4n) is 9.70. The van der Waals surface area contributed by atoms with Crippen LogP contribution in [0.15, 0.2) is 54.7 Å². The van der Waals surface area contributed by atoms with E-state index in [1.54, 1.807) is 27.9 Å². The summed E-state index contributed by atoms with van der Waals surface area (Å²) >= 11 is 0. The fraction of sp³-hybridized carbons (Fsp3) is 0.558. The van der Waals surface area contributed by atoms with Crippen LogP contribution < -0.4 is 15.6 Å². The van der Waals surface area contributed by atoms with Crippen LogP contribution in [0.2, 0.25) is 0 Å². The molecule has 2 aromatic carbocycles. The summed E-state index contributed by atoms with van der Waals surface area (Å²) in [6.45, 7) is 21.6. The third-order valence-corrected chi connectivity index (χ3v) is 13.1. The van der Waals surface area contributed by atoms with Gasteiger partial charge < -0.3 is 38.5 Å². The molecule has 3 aliphatic heterocycles. The highest BCUT2D eigenvalue weighted by atomic mass is 16.6. The van der Waals surface area contributed by atoms with Crippen LogP contribution in [0.25, 0.3) is 33.3 Å². The van der Waals surface area contributed by atoms with Crippen LogP contribution in [0.4, 0.5) is 10.5 Å². The zero-order valence-electron chi connectivity index (χ0n) is 41.6. The quantitative estimate of drug-likeness (QED) is 0.0940. The molecule has 0 unspecified atom stereocenters. The number of ether oxygens (including phenoxy) is 5. The second-order valence-electron chi connectivity index (χ2n) is 20.1. The van der Waals surface area contributed by atoms with E-state index >= 15 is 0 Å². The Kier molecular flexibility index (Phi) is 15.8. The molecule has 4 aromatic rings. The number of aromatic nitrogens is 2. The maximum Gasteiger partial charge on any atom is 0.408 e. The minimum atomic E-state index is -1.01. The first-order valence-corrected chi connectivity index (χ1v) is 24.0. The van der Waals surface area contributed by atoms with E-state index < -0.39 is 41.1 Å². The number of esters is 2. The molecule has 16 heteroatoms. The molecule has 0 bridgehead atoms. The molecule has 3 saturated heterocycles. The van der Waals surface area contributed by atoms with Crippen LogP contribution in [0.3, 0.4) is 0 Å². The molecule has 16 nitrogen and oxygen atoms in total. The van der Waals surface area contributed by atoms with Gasteiger partial charge in [0.25, 0.3) is 5.91 Å². The molecule has 2 amide bonds. The van der Waals surface area contributed by atoms with Crippen LogP contribution in [-0.4, -0.2) is 134 Å². The maximum absolute atomic E-state index is 14.2. The number of alkyl carbamates (subject to hydrolysis) is 1. The van der Waals surface area contributed by atoms with Crippen molar-refractivity contribution >= 4 is 40.5 Å². The second kappa shape index (κ2) is 21.4. The van der Waals surface area contributed by atoms with E-state index in [0.717, 1.165) is 88.6 Å². The van der Waals surface area contributed by atoms with Crippen LogP contribution in [0.5, 0.6) is 0 Å². The molecular formula is C52H71N7O9. The number of rotatable bonds is 15. The highest BCUT2D eigenvalue weighted by molar-refractivity contribution is 5.96. The van der Waals surface area contributed by atoms with Gasteiger partial charge in [-0.1, -0.05) is 44.2 Å². The number of nitrogens with one attached hydrogen (secondary N) is 2. The molecule has 0 saturated carbocycles. The summed E-state index contributed by atoms with van der Waals surface area (Å²) in [4.78, 5) is 62.2. The molecule has 0 aliphatic carbocycles. The first-order chi connectivity index (χ1) is 32.4. The monoisotopic (exact) mass is 938 g/mol. The summed E-state index contributed by atoms with van der Waals surface area (Å²) in [5, 5.41) is 5.29. The number of aryl methyl sites for hydroxylation is 1. The summed E-state index contributed by atoms with van der Waals surface area (Å²) in [5.41, 5.74) is 10.6. The van der Waals surface area contributed by atoms with Crippen molar-refractivity contribution in [3.63, 3.8) is 0 Å². The van der Waals surface area contributed by atoms with Crippen LogP contribution in [0, 0.1) is 5.41 Å². The van der Waals surface area contributed by atoms with Crippen molar-refractivity contribution in [3.8, 4) is 22.4 Å².